The number of rotatable bonds is 3. The van der Waals surface area contributed by atoms with Crippen LogP contribution in [-0.4, -0.2) is 36.6 Å². The first-order valence-corrected chi connectivity index (χ1v) is 7.46. The van der Waals surface area contributed by atoms with E-state index in [0.717, 1.165) is 31.0 Å². The first kappa shape index (κ1) is 15.6. The predicted molar refractivity (Wildman–Crippen MR) is 83.6 cm³/mol. The Balaban J connectivity index is 2.09. The van der Waals surface area contributed by atoms with Crippen molar-refractivity contribution >= 4 is 11.7 Å². The van der Waals surface area contributed by atoms with Crippen molar-refractivity contribution in [3.63, 3.8) is 0 Å². The van der Waals surface area contributed by atoms with Crippen LogP contribution in [0.15, 0.2) is 18.3 Å². The van der Waals surface area contributed by atoms with Gasteiger partial charge in [-0.15, -0.1) is 0 Å². The quantitative estimate of drug-likeness (QED) is 0.928. The van der Waals surface area contributed by atoms with Gasteiger partial charge in [-0.05, 0) is 45.7 Å². The Bertz CT molecular complexity index is 497. The number of nitrogens with one attached hydrogen (secondary N) is 1. The number of methoxy groups -OCH3 is 1. The summed E-state index contributed by atoms with van der Waals surface area (Å²) in [5.74, 6) is 1.72. The van der Waals surface area contributed by atoms with Gasteiger partial charge in [0.1, 0.15) is 0 Å². The van der Waals surface area contributed by atoms with Gasteiger partial charge in [-0.2, -0.15) is 0 Å². The van der Waals surface area contributed by atoms with Gasteiger partial charge in [0, 0.05) is 24.8 Å². The normalized spacial score (nSPS) is 19.2. The van der Waals surface area contributed by atoms with Gasteiger partial charge in [-0.1, -0.05) is 0 Å². The summed E-state index contributed by atoms with van der Waals surface area (Å²) in [4.78, 5) is 18.9. The molecule has 21 heavy (non-hydrogen) atoms. The number of nitrogens with zero attached hydrogens (tertiary/aromatic N) is 2. The van der Waals surface area contributed by atoms with Gasteiger partial charge in [-0.25, -0.2) is 4.98 Å². The summed E-state index contributed by atoms with van der Waals surface area (Å²) >= 11 is 0. The molecule has 1 aromatic rings. The molecule has 0 radical (unpaired) electrons. The predicted octanol–water partition coefficient (Wildman–Crippen LogP) is 2.22. The van der Waals surface area contributed by atoms with Crippen LogP contribution in [-0.2, 0) is 4.79 Å². The molecule has 2 heterocycles. The highest BCUT2D eigenvalue weighted by atomic mass is 16.5. The number of amides is 1. The Kier molecular flexibility index (Phi) is 4.70. The first-order chi connectivity index (χ1) is 9.90. The van der Waals surface area contributed by atoms with Crippen molar-refractivity contribution < 1.29 is 9.53 Å². The molecule has 1 N–H and O–H groups in total. The molecule has 5 heteroatoms. The number of anilines is 1. The fraction of sp³-hybridized carbons (Fsp3) is 0.625. The fourth-order valence-corrected chi connectivity index (χ4v) is 2.63. The van der Waals surface area contributed by atoms with Crippen LogP contribution >= 0.6 is 0 Å². The molecule has 1 fully saturated rings. The summed E-state index contributed by atoms with van der Waals surface area (Å²) < 4.78 is 5.37. The summed E-state index contributed by atoms with van der Waals surface area (Å²) in [6.45, 7) is 7.62. The van der Waals surface area contributed by atoms with Gasteiger partial charge < -0.3 is 15.0 Å². The van der Waals surface area contributed by atoms with E-state index >= 15 is 0 Å². The van der Waals surface area contributed by atoms with Gasteiger partial charge in [0.2, 0.25) is 5.91 Å². The SMILES string of the molecule is COc1cccnc1N1CCCC(C(=O)NC(C)(C)C)C1. The van der Waals surface area contributed by atoms with Crippen LogP contribution in [0.3, 0.4) is 0 Å². The highest BCUT2D eigenvalue weighted by molar-refractivity contribution is 5.80. The average Bonchev–Trinajstić information content (AvgIpc) is 2.45. The molecule has 0 aliphatic carbocycles. The van der Waals surface area contributed by atoms with E-state index in [-0.39, 0.29) is 17.4 Å². The van der Waals surface area contributed by atoms with Crippen molar-refractivity contribution in [3.05, 3.63) is 18.3 Å². The molecule has 0 bridgehead atoms. The van der Waals surface area contributed by atoms with E-state index in [2.05, 4.69) is 15.2 Å². The lowest BCUT2D eigenvalue weighted by molar-refractivity contribution is -0.126. The molecular formula is C16H25N3O2. The number of carbonyl (C=O) groups excluding carboxylic acids is 1. The van der Waals surface area contributed by atoms with Gasteiger partial charge in [0.05, 0.1) is 13.0 Å². The molecule has 1 amide bonds. The van der Waals surface area contributed by atoms with Gasteiger partial charge in [0.25, 0.3) is 0 Å². The maximum Gasteiger partial charge on any atom is 0.225 e. The summed E-state index contributed by atoms with van der Waals surface area (Å²) in [6.07, 6.45) is 3.67. The van der Waals surface area contributed by atoms with Crippen molar-refractivity contribution in [2.24, 2.45) is 5.92 Å². The number of hydrogen-bond donors (Lipinski definition) is 1. The molecule has 1 aromatic heterocycles. The summed E-state index contributed by atoms with van der Waals surface area (Å²) in [5, 5.41) is 3.07. The van der Waals surface area contributed by atoms with Crippen molar-refractivity contribution in [1.29, 1.82) is 0 Å². The zero-order chi connectivity index (χ0) is 15.5. The summed E-state index contributed by atoms with van der Waals surface area (Å²) in [6, 6.07) is 3.76. The van der Waals surface area contributed by atoms with E-state index in [1.165, 1.54) is 0 Å². The van der Waals surface area contributed by atoms with Crippen LogP contribution in [0.4, 0.5) is 5.82 Å². The lowest BCUT2D eigenvalue weighted by Crippen LogP contribution is -2.48. The van der Waals surface area contributed by atoms with Crippen LogP contribution in [0.5, 0.6) is 5.75 Å². The minimum absolute atomic E-state index is 0.00434. The molecule has 116 valence electrons. The monoisotopic (exact) mass is 291 g/mol. The van der Waals surface area contributed by atoms with E-state index in [1.807, 2.05) is 32.9 Å². The molecule has 1 unspecified atom stereocenters. The van der Waals surface area contributed by atoms with Crippen LogP contribution in [0.1, 0.15) is 33.6 Å². The maximum atomic E-state index is 12.4. The molecule has 0 spiro atoms. The minimum atomic E-state index is -0.192. The van der Waals surface area contributed by atoms with Gasteiger partial charge >= 0.3 is 0 Å². The van der Waals surface area contributed by atoms with Crippen LogP contribution < -0.4 is 15.0 Å². The molecule has 0 saturated carbocycles. The Labute approximate surface area is 126 Å². The molecule has 0 aromatic carbocycles. The van der Waals surface area contributed by atoms with E-state index in [9.17, 15) is 4.79 Å². The molecule has 1 aliphatic rings. The molecule has 1 aliphatic heterocycles. The van der Waals surface area contributed by atoms with E-state index < -0.39 is 0 Å². The van der Waals surface area contributed by atoms with Crippen molar-refractivity contribution in [2.45, 2.75) is 39.2 Å². The Morgan fingerprint density at radius 1 is 1.48 bits per heavy atom. The van der Waals surface area contributed by atoms with Crippen molar-refractivity contribution in [3.8, 4) is 5.75 Å². The lowest BCUT2D eigenvalue weighted by Gasteiger charge is -2.34. The van der Waals surface area contributed by atoms with Crippen LogP contribution in [0.2, 0.25) is 0 Å². The van der Waals surface area contributed by atoms with E-state index in [4.69, 9.17) is 4.74 Å². The Morgan fingerprint density at radius 2 is 2.24 bits per heavy atom. The number of pyridine rings is 1. The van der Waals surface area contributed by atoms with Gasteiger partial charge in [-0.3, -0.25) is 4.79 Å². The van der Waals surface area contributed by atoms with E-state index in [0.29, 0.717) is 6.54 Å². The average molecular weight is 291 g/mol. The van der Waals surface area contributed by atoms with E-state index in [1.54, 1.807) is 13.3 Å². The third kappa shape index (κ3) is 4.09. The minimum Gasteiger partial charge on any atom is -0.493 e. The fourth-order valence-electron chi connectivity index (χ4n) is 2.63. The second-order valence-electron chi connectivity index (χ2n) is 6.55. The Hall–Kier alpha value is -1.78. The first-order valence-electron chi connectivity index (χ1n) is 7.46. The topological polar surface area (TPSA) is 54.5 Å². The maximum absolute atomic E-state index is 12.4. The smallest absolute Gasteiger partial charge is 0.225 e. The molecule has 5 nitrogen and oxygen atoms in total. The summed E-state index contributed by atoms with van der Waals surface area (Å²) in [5.41, 5.74) is -0.192. The zero-order valence-corrected chi connectivity index (χ0v) is 13.3. The third-order valence-electron chi connectivity index (χ3n) is 3.56. The Morgan fingerprint density at radius 3 is 2.90 bits per heavy atom. The molecule has 1 saturated heterocycles. The summed E-state index contributed by atoms with van der Waals surface area (Å²) in [7, 11) is 1.65. The van der Waals surface area contributed by atoms with Crippen LogP contribution in [0.25, 0.3) is 0 Å². The lowest BCUT2D eigenvalue weighted by atomic mass is 9.95. The highest BCUT2D eigenvalue weighted by Gasteiger charge is 2.29. The zero-order valence-electron chi connectivity index (χ0n) is 13.3. The number of hydrogen-bond acceptors (Lipinski definition) is 4. The van der Waals surface area contributed by atoms with Gasteiger partial charge in [0.15, 0.2) is 11.6 Å². The van der Waals surface area contributed by atoms with Crippen molar-refractivity contribution in [1.82, 2.24) is 10.3 Å². The molecule has 2 rings (SSSR count). The number of aromatic nitrogens is 1. The van der Waals surface area contributed by atoms with Crippen molar-refractivity contribution in [2.75, 3.05) is 25.1 Å². The number of piperidine rings is 1. The third-order valence-corrected chi connectivity index (χ3v) is 3.56. The molecular weight excluding hydrogens is 266 g/mol. The standard InChI is InChI=1S/C16H25N3O2/c1-16(2,3)18-15(20)12-7-6-10-19(11-12)14-13(21-4)8-5-9-17-14/h5,8-9,12H,6-7,10-11H2,1-4H3,(H,18,20). The number of carbonyl (C=O) groups is 1. The largest absolute Gasteiger partial charge is 0.493 e. The number of ether oxygens (including phenoxy) is 1. The second kappa shape index (κ2) is 6.33. The van der Waals surface area contributed by atoms with Crippen LogP contribution in [0, 0.1) is 5.92 Å². The molecule has 1 atom stereocenters. The second-order valence-corrected chi connectivity index (χ2v) is 6.55. The highest BCUT2D eigenvalue weighted by Crippen LogP contribution is 2.29.